The van der Waals surface area contributed by atoms with E-state index < -0.39 is 0 Å². The average Bonchev–Trinajstić information content (AvgIpc) is 2.56. The maximum Gasteiger partial charge on any atom is 0.0449 e. The van der Waals surface area contributed by atoms with E-state index in [1.54, 1.807) is 0 Å². The molecule has 0 saturated carbocycles. The van der Waals surface area contributed by atoms with E-state index >= 15 is 0 Å². The maximum absolute atomic E-state index is 5.64. The predicted octanol–water partition coefficient (Wildman–Crippen LogP) is 6.89. The number of aryl methyl sites for hydroxylation is 1. The molecule has 1 aromatic carbocycles. The summed E-state index contributed by atoms with van der Waals surface area (Å²) in [5, 5.41) is 0. The highest BCUT2D eigenvalue weighted by Gasteiger charge is 2.06. The van der Waals surface area contributed by atoms with Crippen molar-refractivity contribution in [2.45, 2.75) is 90.4 Å². The Bertz CT molecular complexity index is 407. The highest BCUT2D eigenvalue weighted by molar-refractivity contribution is 5.30. The fourth-order valence-corrected chi connectivity index (χ4v) is 3.01. The van der Waals surface area contributed by atoms with Crippen LogP contribution in [0.5, 0.6) is 0 Å². The van der Waals surface area contributed by atoms with Gasteiger partial charge in [0.2, 0.25) is 0 Å². The van der Waals surface area contributed by atoms with Crippen LogP contribution in [0.25, 0.3) is 0 Å². The fraction of sp³-hybridized carbons (Fsp3) is 0.636. The minimum atomic E-state index is 0.294. The molecule has 0 aliphatic rings. The van der Waals surface area contributed by atoms with Gasteiger partial charge in [-0.25, -0.2) is 0 Å². The van der Waals surface area contributed by atoms with Gasteiger partial charge in [0.25, 0.3) is 0 Å². The molecule has 0 amide bonds. The number of hydrogen-bond donors (Lipinski definition) is 0. The summed E-state index contributed by atoms with van der Waals surface area (Å²) in [4.78, 5) is 0. The molecule has 1 unspecified atom stereocenters. The van der Waals surface area contributed by atoms with Crippen molar-refractivity contribution in [2.24, 2.45) is 0 Å². The van der Waals surface area contributed by atoms with Crippen molar-refractivity contribution < 1.29 is 0 Å². The number of benzene rings is 1. The maximum atomic E-state index is 5.64. The van der Waals surface area contributed by atoms with Gasteiger partial charge in [-0.05, 0) is 30.4 Å². The van der Waals surface area contributed by atoms with Gasteiger partial charge in [-0.2, -0.15) is 0 Å². The first-order valence-electron chi connectivity index (χ1n) is 9.36. The quantitative estimate of drug-likeness (QED) is 0.291. The van der Waals surface area contributed by atoms with E-state index in [2.05, 4.69) is 44.0 Å². The molecule has 0 aliphatic carbocycles. The summed E-state index contributed by atoms with van der Waals surface area (Å²) in [5.41, 5.74) is 2.77. The summed E-state index contributed by atoms with van der Waals surface area (Å²) in [6.45, 7) is 4.47. The lowest BCUT2D eigenvalue weighted by molar-refractivity contribution is 0.575. The van der Waals surface area contributed by atoms with Gasteiger partial charge in [0, 0.05) is 5.92 Å². The van der Waals surface area contributed by atoms with Crippen LogP contribution in [0.1, 0.15) is 95.1 Å². The van der Waals surface area contributed by atoms with Crippen molar-refractivity contribution in [1.82, 2.24) is 0 Å². The van der Waals surface area contributed by atoms with Crippen LogP contribution in [0.2, 0.25) is 0 Å². The molecule has 0 saturated heterocycles. The second kappa shape index (κ2) is 12.3. The Hall–Kier alpha value is -1.22. The molecule has 0 fully saturated rings. The molecule has 1 atom stereocenters. The molecule has 0 aliphatic heterocycles. The zero-order chi connectivity index (χ0) is 16.0. The van der Waals surface area contributed by atoms with Crippen LogP contribution in [0.4, 0.5) is 0 Å². The molecule has 0 N–H and O–H groups in total. The normalized spacial score (nSPS) is 12.0. The fourth-order valence-electron chi connectivity index (χ4n) is 3.01. The molecule has 0 bridgehead atoms. The summed E-state index contributed by atoms with van der Waals surface area (Å²) in [5.74, 6) is 3.21. The second-order valence-corrected chi connectivity index (χ2v) is 6.47. The second-order valence-electron chi connectivity index (χ2n) is 6.47. The zero-order valence-corrected chi connectivity index (χ0v) is 14.7. The van der Waals surface area contributed by atoms with Crippen LogP contribution in [0, 0.1) is 12.3 Å². The van der Waals surface area contributed by atoms with Crippen molar-refractivity contribution in [1.29, 1.82) is 0 Å². The number of terminal acetylenes is 1. The lowest BCUT2D eigenvalue weighted by Crippen LogP contribution is -1.95. The Morgan fingerprint density at radius 2 is 1.41 bits per heavy atom. The van der Waals surface area contributed by atoms with E-state index in [1.807, 2.05) is 0 Å². The topological polar surface area (TPSA) is 0 Å². The van der Waals surface area contributed by atoms with Gasteiger partial charge < -0.3 is 0 Å². The number of hydrogen-bond acceptors (Lipinski definition) is 0. The first-order valence-corrected chi connectivity index (χ1v) is 9.36. The third kappa shape index (κ3) is 7.69. The molecule has 1 aromatic rings. The molecule has 0 aromatic heterocycles. The van der Waals surface area contributed by atoms with Crippen molar-refractivity contribution in [2.75, 3.05) is 0 Å². The molecule has 0 radical (unpaired) electrons. The predicted molar refractivity (Wildman–Crippen MR) is 99.2 cm³/mol. The van der Waals surface area contributed by atoms with E-state index in [4.69, 9.17) is 6.42 Å². The van der Waals surface area contributed by atoms with Gasteiger partial charge in [0.05, 0.1) is 0 Å². The Morgan fingerprint density at radius 1 is 0.818 bits per heavy atom. The van der Waals surface area contributed by atoms with Crippen LogP contribution >= 0.6 is 0 Å². The van der Waals surface area contributed by atoms with Crippen molar-refractivity contribution in [3.8, 4) is 12.3 Å². The minimum Gasteiger partial charge on any atom is -0.119 e. The van der Waals surface area contributed by atoms with E-state index in [1.165, 1.54) is 68.9 Å². The molecule has 122 valence electrons. The summed E-state index contributed by atoms with van der Waals surface area (Å²) >= 11 is 0. The van der Waals surface area contributed by atoms with Crippen LogP contribution < -0.4 is 0 Å². The lowest BCUT2D eigenvalue weighted by atomic mass is 9.94. The van der Waals surface area contributed by atoms with Crippen molar-refractivity contribution in [3.63, 3.8) is 0 Å². The summed E-state index contributed by atoms with van der Waals surface area (Å²) in [6.07, 6.45) is 20.2. The average molecular weight is 299 g/mol. The van der Waals surface area contributed by atoms with Gasteiger partial charge in [-0.3, -0.25) is 0 Å². The van der Waals surface area contributed by atoms with Gasteiger partial charge in [-0.1, -0.05) is 95.4 Å². The summed E-state index contributed by atoms with van der Waals surface area (Å²) in [6, 6.07) is 9.02. The number of unbranched alkanes of at least 4 members (excludes halogenated alkanes) is 7. The summed E-state index contributed by atoms with van der Waals surface area (Å²) < 4.78 is 0. The molecule has 0 heterocycles. The standard InChI is InChI=1S/C22H34/c1-4-7-8-9-10-11-12-13-15-20-16-18-22(19-17-20)21(6-3)14-5-2/h3,16-19,21H,4-5,7-15H2,1-2H3. The third-order valence-electron chi connectivity index (χ3n) is 4.48. The Kier molecular flexibility index (Phi) is 10.6. The smallest absolute Gasteiger partial charge is 0.0449 e. The first-order chi connectivity index (χ1) is 10.8. The van der Waals surface area contributed by atoms with Crippen LogP contribution in [0.3, 0.4) is 0 Å². The van der Waals surface area contributed by atoms with Crippen LogP contribution in [-0.4, -0.2) is 0 Å². The Balaban J connectivity index is 2.20. The molecule has 0 nitrogen and oxygen atoms in total. The Labute approximate surface area is 138 Å². The van der Waals surface area contributed by atoms with E-state index in [0.29, 0.717) is 5.92 Å². The first kappa shape index (κ1) is 18.8. The van der Waals surface area contributed by atoms with E-state index in [9.17, 15) is 0 Å². The third-order valence-corrected chi connectivity index (χ3v) is 4.48. The highest BCUT2D eigenvalue weighted by atomic mass is 14.1. The highest BCUT2D eigenvalue weighted by Crippen LogP contribution is 2.21. The van der Waals surface area contributed by atoms with E-state index in [-0.39, 0.29) is 0 Å². The van der Waals surface area contributed by atoms with Gasteiger partial charge >= 0.3 is 0 Å². The van der Waals surface area contributed by atoms with E-state index in [0.717, 1.165) is 12.8 Å². The Morgan fingerprint density at radius 3 is 1.95 bits per heavy atom. The van der Waals surface area contributed by atoms with Gasteiger partial charge in [-0.15, -0.1) is 6.42 Å². The van der Waals surface area contributed by atoms with Gasteiger partial charge in [0.15, 0.2) is 0 Å². The minimum absolute atomic E-state index is 0.294. The van der Waals surface area contributed by atoms with Crippen LogP contribution in [-0.2, 0) is 6.42 Å². The van der Waals surface area contributed by atoms with Crippen molar-refractivity contribution in [3.05, 3.63) is 35.4 Å². The zero-order valence-electron chi connectivity index (χ0n) is 14.7. The largest absolute Gasteiger partial charge is 0.119 e. The molecular weight excluding hydrogens is 264 g/mol. The van der Waals surface area contributed by atoms with Crippen LogP contribution in [0.15, 0.2) is 24.3 Å². The SMILES string of the molecule is C#CC(CCC)c1ccc(CCCCCCCCCC)cc1. The number of rotatable bonds is 12. The summed E-state index contributed by atoms with van der Waals surface area (Å²) in [7, 11) is 0. The monoisotopic (exact) mass is 298 g/mol. The molecule has 0 heteroatoms. The molecule has 0 spiro atoms. The van der Waals surface area contributed by atoms with Gasteiger partial charge in [0.1, 0.15) is 0 Å². The lowest BCUT2D eigenvalue weighted by Gasteiger charge is -2.10. The molecular formula is C22H34. The molecule has 1 rings (SSSR count). The van der Waals surface area contributed by atoms with Crippen molar-refractivity contribution >= 4 is 0 Å². The molecule has 22 heavy (non-hydrogen) atoms.